The maximum Gasteiger partial charge on any atom is 0.231 e. The number of aromatic nitrogens is 2. The Hall–Kier alpha value is -2.08. The van der Waals surface area contributed by atoms with Crippen LogP contribution in [0.15, 0.2) is 6.07 Å². The van der Waals surface area contributed by atoms with Crippen LogP contribution in [0.25, 0.3) is 10.9 Å². The van der Waals surface area contributed by atoms with Crippen LogP contribution in [0.2, 0.25) is 0 Å². The molecular weight excluding hydrogens is 282 g/mol. The van der Waals surface area contributed by atoms with Gasteiger partial charge in [-0.15, -0.1) is 0 Å². The van der Waals surface area contributed by atoms with Crippen LogP contribution in [0.4, 0.5) is 0 Å². The van der Waals surface area contributed by atoms with Crippen LogP contribution < -0.4 is 9.47 Å². The van der Waals surface area contributed by atoms with Crippen molar-refractivity contribution in [3.8, 4) is 17.4 Å². The zero-order chi connectivity index (χ0) is 15.3. The van der Waals surface area contributed by atoms with E-state index in [1.54, 1.807) is 6.92 Å². The second kappa shape index (κ2) is 4.98. The minimum Gasteiger partial charge on any atom is -0.493 e. The molecule has 6 nitrogen and oxygen atoms in total. The highest BCUT2D eigenvalue weighted by molar-refractivity contribution is 5.92. The van der Waals surface area contributed by atoms with E-state index in [0.29, 0.717) is 28.4 Å². The lowest BCUT2D eigenvalue weighted by molar-refractivity contribution is 0.172. The molecule has 0 bridgehead atoms. The molecule has 22 heavy (non-hydrogen) atoms. The molecule has 4 rings (SSSR count). The SMILES string of the molecule is Cc1nc(O)c2cc(C3CCN(C)CC3)c3c(c2n1)OCO3. The van der Waals surface area contributed by atoms with Gasteiger partial charge in [0.2, 0.25) is 12.7 Å². The number of benzene rings is 1. The first kappa shape index (κ1) is 13.6. The molecule has 2 aliphatic heterocycles. The van der Waals surface area contributed by atoms with Crippen molar-refractivity contribution < 1.29 is 14.6 Å². The van der Waals surface area contributed by atoms with Gasteiger partial charge in [0.05, 0.1) is 5.39 Å². The van der Waals surface area contributed by atoms with Gasteiger partial charge in [-0.05, 0) is 51.9 Å². The van der Waals surface area contributed by atoms with Crippen molar-refractivity contribution in [2.75, 3.05) is 26.9 Å². The molecule has 1 saturated heterocycles. The Morgan fingerprint density at radius 2 is 1.91 bits per heavy atom. The fourth-order valence-corrected chi connectivity index (χ4v) is 3.39. The molecule has 0 aliphatic carbocycles. The number of rotatable bonds is 1. The van der Waals surface area contributed by atoms with E-state index in [1.807, 2.05) is 6.07 Å². The topological polar surface area (TPSA) is 67.7 Å². The van der Waals surface area contributed by atoms with Gasteiger partial charge in [0, 0.05) is 5.56 Å². The summed E-state index contributed by atoms with van der Waals surface area (Å²) in [6.07, 6.45) is 2.15. The van der Waals surface area contributed by atoms with E-state index in [0.717, 1.165) is 37.2 Å². The second-order valence-corrected chi connectivity index (χ2v) is 6.10. The fraction of sp³-hybridized carbons (Fsp3) is 0.500. The molecule has 0 spiro atoms. The summed E-state index contributed by atoms with van der Waals surface area (Å²) in [4.78, 5) is 10.8. The molecular formula is C16H19N3O3. The molecule has 0 amide bonds. The number of aromatic hydroxyl groups is 1. The normalized spacial score (nSPS) is 19.0. The summed E-state index contributed by atoms with van der Waals surface area (Å²) >= 11 is 0. The molecule has 116 valence electrons. The Labute approximate surface area is 128 Å². The van der Waals surface area contributed by atoms with Crippen LogP contribution in [0.5, 0.6) is 17.4 Å². The van der Waals surface area contributed by atoms with Gasteiger partial charge in [0.25, 0.3) is 0 Å². The number of aryl methyl sites for hydroxylation is 1. The fourth-order valence-electron chi connectivity index (χ4n) is 3.39. The highest BCUT2D eigenvalue weighted by atomic mass is 16.7. The van der Waals surface area contributed by atoms with E-state index in [9.17, 15) is 5.11 Å². The number of nitrogens with zero attached hydrogens (tertiary/aromatic N) is 3. The molecule has 2 aromatic rings. The average molecular weight is 301 g/mol. The van der Waals surface area contributed by atoms with Crippen molar-refractivity contribution in [1.29, 1.82) is 0 Å². The maximum absolute atomic E-state index is 10.2. The summed E-state index contributed by atoms with van der Waals surface area (Å²) in [6, 6.07) is 1.98. The lowest BCUT2D eigenvalue weighted by Gasteiger charge is -2.29. The van der Waals surface area contributed by atoms with Crippen LogP contribution in [0.1, 0.15) is 30.1 Å². The van der Waals surface area contributed by atoms with Crippen LogP contribution in [-0.4, -0.2) is 46.9 Å². The van der Waals surface area contributed by atoms with Gasteiger partial charge in [-0.25, -0.2) is 4.98 Å². The minimum atomic E-state index is 0.00924. The van der Waals surface area contributed by atoms with Gasteiger partial charge in [-0.3, -0.25) is 0 Å². The smallest absolute Gasteiger partial charge is 0.231 e. The highest BCUT2D eigenvalue weighted by Gasteiger charge is 2.29. The molecule has 0 unspecified atom stereocenters. The number of ether oxygens (including phenoxy) is 2. The molecule has 0 saturated carbocycles. The van der Waals surface area contributed by atoms with Crippen molar-refractivity contribution >= 4 is 10.9 Å². The third-order valence-corrected chi connectivity index (χ3v) is 4.59. The lowest BCUT2D eigenvalue weighted by atomic mass is 9.88. The summed E-state index contributed by atoms with van der Waals surface area (Å²) in [6.45, 7) is 4.09. The largest absolute Gasteiger partial charge is 0.493 e. The Morgan fingerprint density at radius 1 is 1.18 bits per heavy atom. The Balaban J connectivity index is 1.89. The lowest BCUT2D eigenvalue weighted by Crippen LogP contribution is -2.29. The average Bonchev–Trinajstić information content (AvgIpc) is 2.97. The van der Waals surface area contributed by atoms with Gasteiger partial charge < -0.3 is 19.5 Å². The maximum atomic E-state index is 10.2. The first-order chi connectivity index (χ1) is 10.6. The van der Waals surface area contributed by atoms with Crippen LogP contribution in [0, 0.1) is 6.92 Å². The van der Waals surface area contributed by atoms with Crippen molar-refractivity contribution in [3.63, 3.8) is 0 Å². The van der Waals surface area contributed by atoms with Gasteiger partial charge in [0.1, 0.15) is 11.3 Å². The van der Waals surface area contributed by atoms with Gasteiger partial charge in [-0.2, -0.15) is 4.98 Å². The highest BCUT2D eigenvalue weighted by Crippen LogP contribution is 2.47. The number of piperidine rings is 1. The van der Waals surface area contributed by atoms with Gasteiger partial charge in [-0.1, -0.05) is 0 Å². The van der Waals surface area contributed by atoms with E-state index in [2.05, 4.69) is 21.9 Å². The summed E-state index contributed by atoms with van der Waals surface area (Å²) in [5.74, 6) is 2.38. The molecule has 1 aromatic carbocycles. The molecule has 6 heteroatoms. The number of likely N-dealkylation sites (tertiary alicyclic amines) is 1. The molecule has 3 heterocycles. The summed E-state index contributed by atoms with van der Waals surface area (Å²) in [5.41, 5.74) is 1.74. The summed E-state index contributed by atoms with van der Waals surface area (Å²) in [7, 11) is 2.14. The van der Waals surface area contributed by atoms with Crippen LogP contribution >= 0.6 is 0 Å². The molecule has 0 radical (unpaired) electrons. The van der Waals surface area contributed by atoms with Gasteiger partial charge in [0.15, 0.2) is 11.5 Å². The quantitative estimate of drug-likeness (QED) is 0.871. The van der Waals surface area contributed by atoms with E-state index in [-0.39, 0.29) is 12.7 Å². The van der Waals surface area contributed by atoms with Crippen molar-refractivity contribution in [2.24, 2.45) is 0 Å². The van der Waals surface area contributed by atoms with E-state index in [1.165, 1.54) is 0 Å². The number of fused-ring (bicyclic) bond motifs is 3. The Kier molecular flexibility index (Phi) is 3.07. The molecule has 1 aromatic heterocycles. The third kappa shape index (κ3) is 2.06. The van der Waals surface area contributed by atoms with E-state index >= 15 is 0 Å². The Morgan fingerprint density at radius 3 is 2.68 bits per heavy atom. The predicted molar refractivity (Wildman–Crippen MR) is 81.5 cm³/mol. The predicted octanol–water partition coefficient (Wildman–Crippen LogP) is 2.18. The first-order valence-electron chi connectivity index (χ1n) is 7.62. The Bertz CT molecular complexity index is 739. The zero-order valence-electron chi connectivity index (χ0n) is 12.8. The number of hydrogen-bond acceptors (Lipinski definition) is 6. The molecule has 1 N–H and O–H groups in total. The van der Waals surface area contributed by atoms with E-state index in [4.69, 9.17) is 9.47 Å². The van der Waals surface area contributed by atoms with Crippen LogP contribution in [0.3, 0.4) is 0 Å². The standard InChI is InChI=1S/C16H19N3O3/c1-9-17-13-12(16(20)18-9)7-11(14-15(13)22-8-21-14)10-3-5-19(2)6-4-10/h7,10H,3-6,8H2,1-2H3,(H,17,18,20). The van der Waals surface area contributed by atoms with Crippen molar-refractivity contribution in [1.82, 2.24) is 14.9 Å². The first-order valence-corrected chi connectivity index (χ1v) is 7.62. The van der Waals surface area contributed by atoms with Crippen LogP contribution in [-0.2, 0) is 0 Å². The third-order valence-electron chi connectivity index (χ3n) is 4.59. The van der Waals surface area contributed by atoms with E-state index < -0.39 is 0 Å². The summed E-state index contributed by atoms with van der Waals surface area (Å²) < 4.78 is 11.4. The molecule has 0 atom stereocenters. The summed E-state index contributed by atoms with van der Waals surface area (Å²) in [5, 5.41) is 10.8. The molecule has 2 aliphatic rings. The zero-order valence-corrected chi connectivity index (χ0v) is 12.8. The minimum absolute atomic E-state index is 0.00924. The van der Waals surface area contributed by atoms with Crippen molar-refractivity contribution in [3.05, 3.63) is 17.5 Å². The second-order valence-electron chi connectivity index (χ2n) is 6.10. The van der Waals surface area contributed by atoms with Crippen molar-refractivity contribution in [2.45, 2.75) is 25.7 Å². The number of hydrogen-bond donors (Lipinski definition) is 1. The molecule has 1 fully saturated rings. The monoisotopic (exact) mass is 301 g/mol. The van der Waals surface area contributed by atoms with Gasteiger partial charge >= 0.3 is 0 Å².